The van der Waals surface area contributed by atoms with E-state index in [2.05, 4.69) is 6.92 Å². The molecule has 0 radical (unpaired) electrons. The third kappa shape index (κ3) is 5.09. The van der Waals surface area contributed by atoms with Gasteiger partial charge in [0.1, 0.15) is 0 Å². The van der Waals surface area contributed by atoms with Crippen LogP contribution in [0.1, 0.15) is 54.6 Å². The Hall–Kier alpha value is -3.22. The van der Waals surface area contributed by atoms with E-state index in [1.807, 2.05) is 67.6 Å². The zero-order valence-corrected chi connectivity index (χ0v) is 21.2. The van der Waals surface area contributed by atoms with E-state index < -0.39 is 28.1 Å². The number of aryl methyl sites for hydroxylation is 2. The number of carbonyl (C=O) groups is 1. The van der Waals surface area contributed by atoms with E-state index in [1.54, 1.807) is 31.2 Å². The monoisotopic (exact) mass is 489 g/mol. The molecule has 0 amide bonds. The Kier molecular flexibility index (Phi) is 7.53. The maximum Gasteiger partial charge on any atom is 0.335 e. The SMILES string of the molecule is CCOC(=O)C1=CC[C@@H](c2ccccc2)N(S(=O)(=O)c2ccc(C)cc2)[C@H]1c1ccc(CC)cc1. The summed E-state index contributed by atoms with van der Waals surface area (Å²) in [7, 11) is -3.99. The van der Waals surface area contributed by atoms with Crippen molar-refractivity contribution >= 4 is 16.0 Å². The van der Waals surface area contributed by atoms with Gasteiger partial charge in [0, 0.05) is 0 Å². The van der Waals surface area contributed by atoms with E-state index in [0.717, 1.165) is 28.7 Å². The molecule has 0 aliphatic carbocycles. The zero-order valence-electron chi connectivity index (χ0n) is 20.3. The molecule has 1 aliphatic rings. The molecule has 0 saturated heterocycles. The van der Waals surface area contributed by atoms with Crippen LogP contribution >= 0.6 is 0 Å². The summed E-state index contributed by atoms with van der Waals surface area (Å²) >= 11 is 0. The minimum atomic E-state index is -3.99. The topological polar surface area (TPSA) is 63.7 Å². The highest BCUT2D eigenvalue weighted by Gasteiger charge is 2.44. The summed E-state index contributed by atoms with van der Waals surface area (Å²) in [5.74, 6) is -0.493. The molecular formula is C29H31NO4S. The average molecular weight is 490 g/mol. The molecule has 0 saturated carbocycles. The van der Waals surface area contributed by atoms with E-state index >= 15 is 0 Å². The van der Waals surface area contributed by atoms with Crippen molar-refractivity contribution in [1.29, 1.82) is 0 Å². The van der Waals surface area contributed by atoms with Crippen molar-refractivity contribution in [1.82, 2.24) is 4.31 Å². The Morgan fingerprint density at radius 2 is 1.57 bits per heavy atom. The van der Waals surface area contributed by atoms with Crippen LogP contribution in [-0.4, -0.2) is 25.3 Å². The molecule has 182 valence electrons. The molecule has 0 unspecified atom stereocenters. The van der Waals surface area contributed by atoms with Crippen LogP contribution < -0.4 is 0 Å². The Labute approximate surface area is 208 Å². The van der Waals surface area contributed by atoms with Gasteiger partial charge in [-0.2, -0.15) is 4.31 Å². The highest BCUT2D eigenvalue weighted by atomic mass is 32.2. The molecule has 1 heterocycles. The van der Waals surface area contributed by atoms with Gasteiger partial charge in [-0.05, 0) is 55.5 Å². The fraction of sp³-hybridized carbons (Fsp3) is 0.276. The smallest absolute Gasteiger partial charge is 0.335 e. The third-order valence-electron chi connectivity index (χ3n) is 6.41. The number of benzene rings is 3. The van der Waals surface area contributed by atoms with Crippen LogP contribution in [-0.2, 0) is 26.0 Å². The molecule has 6 heteroatoms. The Bertz CT molecular complexity index is 1300. The molecule has 3 aromatic carbocycles. The molecule has 35 heavy (non-hydrogen) atoms. The lowest BCUT2D eigenvalue weighted by Gasteiger charge is -2.41. The van der Waals surface area contributed by atoms with Crippen LogP contribution in [0.5, 0.6) is 0 Å². The largest absolute Gasteiger partial charge is 0.463 e. The average Bonchev–Trinajstić information content (AvgIpc) is 2.89. The van der Waals surface area contributed by atoms with Crippen molar-refractivity contribution in [2.45, 2.75) is 50.6 Å². The number of nitrogens with zero attached hydrogens (tertiary/aromatic N) is 1. The van der Waals surface area contributed by atoms with Gasteiger partial charge >= 0.3 is 5.97 Å². The van der Waals surface area contributed by atoms with Crippen molar-refractivity contribution in [2.75, 3.05) is 6.61 Å². The summed E-state index contributed by atoms with van der Waals surface area (Å²) < 4.78 is 35.4. The first-order chi connectivity index (χ1) is 16.9. The molecule has 0 fully saturated rings. The Balaban J connectivity index is 1.95. The van der Waals surface area contributed by atoms with E-state index in [9.17, 15) is 13.2 Å². The normalized spacial score (nSPS) is 18.7. The summed E-state index contributed by atoms with van der Waals surface area (Å²) in [6.45, 7) is 5.95. The van der Waals surface area contributed by atoms with Gasteiger partial charge in [-0.3, -0.25) is 0 Å². The predicted molar refractivity (Wildman–Crippen MR) is 137 cm³/mol. The number of hydrogen-bond acceptors (Lipinski definition) is 4. The van der Waals surface area contributed by atoms with Crippen LogP contribution in [0, 0.1) is 6.92 Å². The van der Waals surface area contributed by atoms with E-state index in [1.165, 1.54) is 4.31 Å². The van der Waals surface area contributed by atoms with Gasteiger partial charge in [-0.15, -0.1) is 0 Å². The van der Waals surface area contributed by atoms with Crippen molar-refractivity contribution in [3.05, 3.63) is 113 Å². The minimum Gasteiger partial charge on any atom is -0.463 e. The summed E-state index contributed by atoms with van der Waals surface area (Å²) in [5.41, 5.74) is 4.06. The third-order valence-corrected chi connectivity index (χ3v) is 8.30. The number of hydrogen-bond donors (Lipinski definition) is 0. The van der Waals surface area contributed by atoms with Gasteiger partial charge in [0.15, 0.2) is 0 Å². The van der Waals surface area contributed by atoms with Crippen molar-refractivity contribution in [2.24, 2.45) is 0 Å². The number of rotatable bonds is 7. The van der Waals surface area contributed by atoms with Crippen molar-refractivity contribution in [3.8, 4) is 0 Å². The lowest BCUT2D eigenvalue weighted by atomic mass is 9.89. The highest BCUT2D eigenvalue weighted by Crippen LogP contribution is 2.46. The van der Waals surface area contributed by atoms with Gasteiger partial charge in [0.25, 0.3) is 0 Å². The molecule has 1 aliphatic heterocycles. The van der Waals surface area contributed by atoms with Crippen molar-refractivity contribution in [3.63, 3.8) is 0 Å². The van der Waals surface area contributed by atoms with Gasteiger partial charge in [0.05, 0.1) is 29.2 Å². The summed E-state index contributed by atoms with van der Waals surface area (Å²) in [4.78, 5) is 13.3. The van der Waals surface area contributed by atoms with Gasteiger partial charge in [0.2, 0.25) is 10.0 Å². The molecule has 0 N–H and O–H groups in total. The predicted octanol–water partition coefficient (Wildman–Crippen LogP) is 5.92. The fourth-order valence-corrected chi connectivity index (χ4v) is 6.32. The van der Waals surface area contributed by atoms with Crippen molar-refractivity contribution < 1.29 is 17.9 Å². The second-order valence-corrected chi connectivity index (χ2v) is 10.5. The maximum atomic E-state index is 14.3. The summed E-state index contributed by atoms with van der Waals surface area (Å²) in [6.07, 6.45) is 3.07. The number of sulfonamides is 1. The van der Waals surface area contributed by atoms with Crippen LogP contribution in [0.4, 0.5) is 0 Å². The molecule has 4 rings (SSSR count). The van der Waals surface area contributed by atoms with Crippen LogP contribution in [0.3, 0.4) is 0 Å². The second-order valence-electron chi connectivity index (χ2n) is 8.69. The number of carbonyl (C=O) groups excluding carboxylic acids is 1. The quantitative estimate of drug-likeness (QED) is 0.386. The summed E-state index contributed by atoms with van der Waals surface area (Å²) in [5, 5.41) is 0. The second kappa shape index (κ2) is 10.6. The fourth-order valence-electron chi connectivity index (χ4n) is 4.54. The molecule has 3 aromatic rings. The first kappa shape index (κ1) is 24.9. The highest BCUT2D eigenvalue weighted by molar-refractivity contribution is 7.89. The number of ether oxygens (including phenoxy) is 1. The van der Waals surface area contributed by atoms with Crippen LogP contribution in [0.25, 0.3) is 0 Å². The molecule has 0 bridgehead atoms. The molecule has 2 atom stereocenters. The molecular weight excluding hydrogens is 458 g/mol. The zero-order chi connectivity index (χ0) is 25.0. The molecule has 5 nitrogen and oxygen atoms in total. The summed E-state index contributed by atoms with van der Waals surface area (Å²) in [6, 6.07) is 23.0. The lowest BCUT2D eigenvalue weighted by Crippen LogP contribution is -2.42. The first-order valence-electron chi connectivity index (χ1n) is 12.0. The van der Waals surface area contributed by atoms with E-state index in [-0.39, 0.29) is 11.5 Å². The van der Waals surface area contributed by atoms with E-state index in [4.69, 9.17) is 4.74 Å². The van der Waals surface area contributed by atoms with Crippen LogP contribution in [0.15, 0.2) is 95.4 Å². The van der Waals surface area contributed by atoms with Crippen LogP contribution in [0.2, 0.25) is 0 Å². The lowest BCUT2D eigenvalue weighted by molar-refractivity contribution is -0.139. The Morgan fingerprint density at radius 1 is 0.914 bits per heavy atom. The number of esters is 1. The van der Waals surface area contributed by atoms with Gasteiger partial charge in [-0.1, -0.05) is 85.3 Å². The Morgan fingerprint density at radius 3 is 2.17 bits per heavy atom. The standard InChI is InChI=1S/C29H31NO4S/c1-4-22-13-15-24(16-14-22)28-26(29(31)34-5-2)19-20-27(23-9-7-6-8-10-23)30(28)35(32,33)25-17-11-21(3)12-18-25/h6-19,27-28H,4-5,20H2,1-3H3/t27-,28-/m0/s1. The minimum absolute atomic E-state index is 0.198. The molecule has 0 spiro atoms. The van der Waals surface area contributed by atoms with Gasteiger partial charge in [-0.25, -0.2) is 13.2 Å². The van der Waals surface area contributed by atoms with E-state index in [0.29, 0.717) is 12.0 Å². The molecule has 0 aromatic heterocycles. The first-order valence-corrected chi connectivity index (χ1v) is 13.4. The van der Waals surface area contributed by atoms with Gasteiger partial charge < -0.3 is 4.74 Å². The maximum absolute atomic E-state index is 14.3.